The fourth-order valence-corrected chi connectivity index (χ4v) is 2.08. The second-order valence-corrected chi connectivity index (χ2v) is 4.73. The van der Waals surface area contributed by atoms with E-state index in [0.717, 1.165) is 23.1 Å². The van der Waals surface area contributed by atoms with Crippen LogP contribution in [0.5, 0.6) is 0 Å². The first-order valence-electron chi connectivity index (χ1n) is 6.62. The minimum Gasteiger partial charge on any atom is -0.399 e. The lowest BCUT2D eigenvalue weighted by molar-refractivity contribution is 0.105. The van der Waals surface area contributed by atoms with Gasteiger partial charge in [0.05, 0.1) is 12.7 Å². The van der Waals surface area contributed by atoms with Gasteiger partial charge in [-0.3, -0.25) is 4.79 Å². The Morgan fingerprint density at radius 1 is 1.19 bits per heavy atom. The predicted octanol–water partition coefficient (Wildman–Crippen LogP) is 1.51. The summed E-state index contributed by atoms with van der Waals surface area (Å²) in [4.78, 5) is 11.2. The number of hydrogen-bond donors (Lipinski definition) is 4. The van der Waals surface area contributed by atoms with Crippen LogP contribution >= 0.6 is 0 Å². The van der Waals surface area contributed by atoms with Gasteiger partial charge in [-0.2, -0.15) is 0 Å². The number of nitrogens with one attached hydrogen (secondary N) is 1. The number of benzene rings is 2. The number of anilines is 2. The molecule has 0 aliphatic rings. The zero-order valence-corrected chi connectivity index (χ0v) is 11.5. The van der Waals surface area contributed by atoms with Crippen LogP contribution in [0.3, 0.4) is 0 Å². The Labute approximate surface area is 123 Å². The molecule has 2 aromatic rings. The van der Waals surface area contributed by atoms with Gasteiger partial charge in [-0.05, 0) is 23.8 Å². The number of rotatable bonds is 6. The van der Waals surface area contributed by atoms with Crippen molar-refractivity contribution in [1.82, 2.24) is 0 Å². The van der Waals surface area contributed by atoms with Gasteiger partial charge in [0.15, 0.2) is 6.29 Å². The third-order valence-corrected chi connectivity index (χ3v) is 3.16. The van der Waals surface area contributed by atoms with Crippen molar-refractivity contribution in [3.63, 3.8) is 0 Å². The molecule has 0 aliphatic carbocycles. The Kier molecular flexibility index (Phi) is 4.92. The normalized spacial score (nSPS) is 11.9. The standard InChI is InChI=1S/C16H18N2O3/c17-12-5-6-16(18-8-13(21)10-20)15(7-12)14-4-2-1-3-11(14)9-19/h1-7,9,13,18,20-21H,8,10,17H2. The van der Waals surface area contributed by atoms with Gasteiger partial charge in [-0.25, -0.2) is 0 Å². The van der Waals surface area contributed by atoms with E-state index < -0.39 is 6.10 Å². The SMILES string of the molecule is Nc1ccc(NCC(O)CO)c(-c2ccccc2C=O)c1. The highest BCUT2D eigenvalue weighted by atomic mass is 16.3. The second kappa shape index (κ2) is 6.88. The summed E-state index contributed by atoms with van der Waals surface area (Å²) in [6.07, 6.45) is -0.0538. The maximum atomic E-state index is 11.2. The molecule has 2 rings (SSSR count). The first-order valence-corrected chi connectivity index (χ1v) is 6.62. The summed E-state index contributed by atoms with van der Waals surface area (Å²) in [6, 6.07) is 12.5. The summed E-state index contributed by atoms with van der Waals surface area (Å²) < 4.78 is 0. The maximum Gasteiger partial charge on any atom is 0.150 e. The Morgan fingerprint density at radius 2 is 1.95 bits per heavy atom. The third-order valence-electron chi connectivity index (χ3n) is 3.16. The Morgan fingerprint density at radius 3 is 2.67 bits per heavy atom. The van der Waals surface area contributed by atoms with Crippen molar-refractivity contribution in [1.29, 1.82) is 0 Å². The van der Waals surface area contributed by atoms with Gasteiger partial charge in [0.1, 0.15) is 0 Å². The lowest BCUT2D eigenvalue weighted by Crippen LogP contribution is -2.23. The molecule has 5 N–H and O–H groups in total. The zero-order chi connectivity index (χ0) is 15.2. The van der Waals surface area contributed by atoms with Crippen LogP contribution in [-0.2, 0) is 0 Å². The molecular weight excluding hydrogens is 268 g/mol. The van der Waals surface area contributed by atoms with Gasteiger partial charge < -0.3 is 21.3 Å². The quantitative estimate of drug-likeness (QED) is 0.477. The number of carbonyl (C=O) groups is 1. The van der Waals surface area contributed by atoms with Crippen molar-refractivity contribution in [2.24, 2.45) is 0 Å². The predicted molar refractivity (Wildman–Crippen MR) is 83.3 cm³/mol. The fourth-order valence-electron chi connectivity index (χ4n) is 2.08. The van der Waals surface area contributed by atoms with Crippen LogP contribution in [0.25, 0.3) is 11.1 Å². The first-order chi connectivity index (χ1) is 10.2. The van der Waals surface area contributed by atoms with Crippen molar-refractivity contribution in [2.75, 3.05) is 24.2 Å². The van der Waals surface area contributed by atoms with Gasteiger partial charge >= 0.3 is 0 Å². The Bertz CT molecular complexity index is 629. The van der Waals surface area contributed by atoms with Crippen LogP contribution in [0.1, 0.15) is 10.4 Å². The van der Waals surface area contributed by atoms with Crippen LogP contribution < -0.4 is 11.1 Å². The van der Waals surface area contributed by atoms with Crippen molar-refractivity contribution in [3.05, 3.63) is 48.0 Å². The van der Waals surface area contributed by atoms with E-state index in [4.69, 9.17) is 10.8 Å². The number of aldehydes is 1. The molecule has 5 nitrogen and oxygen atoms in total. The summed E-state index contributed by atoms with van der Waals surface area (Å²) in [6.45, 7) is -0.112. The molecule has 2 aromatic carbocycles. The minimum atomic E-state index is -0.850. The van der Waals surface area contributed by atoms with E-state index in [9.17, 15) is 9.90 Å². The van der Waals surface area contributed by atoms with Crippen molar-refractivity contribution >= 4 is 17.7 Å². The Balaban J connectivity index is 2.41. The molecule has 0 spiro atoms. The summed E-state index contributed by atoms with van der Waals surface area (Å²) >= 11 is 0. The maximum absolute atomic E-state index is 11.2. The monoisotopic (exact) mass is 286 g/mol. The average Bonchev–Trinajstić information content (AvgIpc) is 2.53. The third kappa shape index (κ3) is 3.59. The number of carbonyl (C=O) groups excluding carboxylic acids is 1. The largest absolute Gasteiger partial charge is 0.399 e. The van der Waals surface area contributed by atoms with E-state index in [2.05, 4.69) is 5.32 Å². The van der Waals surface area contributed by atoms with Crippen LogP contribution in [-0.4, -0.2) is 35.8 Å². The van der Waals surface area contributed by atoms with Crippen molar-refractivity contribution in [2.45, 2.75) is 6.10 Å². The number of hydrogen-bond acceptors (Lipinski definition) is 5. The van der Waals surface area contributed by atoms with Crippen LogP contribution in [0.15, 0.2) is 42.5 Å². The molecule has 5 heteroatoms. The highest BCUT2D eigenvalue weighted by Gasteiger charge is 2.11. The molecule has 0 saturated carbocycles. The molecule has 110 valence electrons. The average molecular weight is 286 g/mol. The van der Waals surface area contributed by atoms with Crippen LogP contribution in [0.4, 0.5) is 11.4 Å². The van der Waals surface area contributed by atoms with Gasteiger partial charge in [-0.15, -0.1) is 0 Å². The number of aliphatic hydroxyl groups excluding tert-OH is 2. The smallest absolute Gasteiger partial charge is 0.150 e. The molecule has 1 atom stereocenters. The van der Waals surface area contributed by atoms with Gasteiger partial charge in [0, 0.05) is 29.0 Å². The topological polar surface area (TPSA) is 95.6 Å². The summed E-state index contributed by atoms with van der Waals surface area (Å²) in [7, 11) is 0. The van der Waals surface area contributed by atoms with Gasteiger partial charge in [0.25, 0.3) is 0 Å². The van der Waals surface area contributed by atoms with E-state index >= 15 is 0 Å². The Hall–Kier alpha value is -2.37. The number of aliphatic hydroxyl groups is 2. The molecule has 0 amide bonds. The van der Waals surface area contributed by atoms with Crippen molar-refractivity contribution < 1.29 is 15.0 Å². The summed E-state index contributed by atoms with van der Waals surface area (Å²) in [5.74, 6) is 0. The van der Waals surface area contributed by atoms with Gasteiger partial charge in [-0.1, -0.05) is 24.3 Å². The van der Waals surface area contributed by atoms with E-state index in [1.165, 1.54) is 0 Å². The molecule has 0 heterocycles. The molecule has 21 heavy (non-hydrogen) atoms. The lowest BCUT2D eigenvalue weighted by atomic mass is 9.98. The molecule has 0 radical (unpaired) electrons. The second-order valence-electron chi connectivity index (χ2n) is 4.73. The fraction of sp³-hybridized carbons (Fsp3) is 0.188. The molecule has 0 saturated heterocycles. The molecule has 0 aliphatic heterocycles. The summed E-state index contributed by atoms with van der Waals surface area (Å²) in [5.41, 5.74) is 9.27. The van der Waals surface area contributed by atoms with E-state index in [-0.39, 0.29) is 13.2 Å². The zero-order valence-electron chi connectivity index (χ0n) is 11.5. The highest BCUT2D eigenvalue weighted by molar-refractivity contribution is 5.92. The van der Waals surface area contributed by atoms with Crippen molar-refractivity contribution in [3.8, 4) is 11.1 Å². The lowest BCUT2D eigenvalue weighted by Gasteiger charge is -2.16. The number of nitrogen functional groups attached to an aromatic ring is 1. The number of nitrogens with two attached hydrogens (primary N) is 1. The minimum absolute atomic E-state index is 0.205. The van der Waals surface area contributed by atoms with Gasteiger partial charge in [0.2, 0.25) is 0 Å². The van der Waals surface area contributed by atoms with E-state index in [1.54, 1.807) is 30.3 Å². The molecule has 0 aromatic heterocycles. The van der Waals surface area contributed by atoms with E-state index in [1.807, 2.05) is 12.1 Å². The molecule has 0 bridgehead atoms. The highest BCUT2D eigenvalue weighted by Crippen LogP contribution is 2.32. The molecular formula is C16H18N2O3. The molecule has 0 fully saturated rings. The first kappa shape index (κ1) is 15.0. The van der Waals surface area contributed by atoms with Crippen LogP contribution in [0.2, 0.25) is 0 Å². The molecule has 1 unspecified atom stereocenters. The van der Waals surface area contributed by atoms with E-state index in [0.29, 0.717) is 11.3 Å². The summed E-state index contributed by atoms with van der Waals surface area (Å²) in [5, 5.41) is 21.4. The van der Waals surface area contributed by atoms with Crippen LogP contribution in [0, 0.1) is 0 Å².